The largest absolute Gasteiger partial charge is 0.481 e. The van der Waals surface area contributed by atoms with E-state index >= 15 is 0 Å². The van der Waals surface area contributed by atoms with Crippen LogP contribution in [-0.4, -0.2) is 29.9 Å². The van der Waals surface area contributed by atoms with Crippen molar-refractivity contribution in [1.82, 2.24) is 0 Å². The van der Waals surface area contributed by atoms with Gasteiger partial charge in [0.05, 0.1) is 6.61 Å². The molecule has 0 aromatic heterocycles. The van der Waals surface area contributed by atoms with Crippen molar-refractivity contribution < 1.29 is 24.2 Å². The molecule has 0 unspecified atom stereocenters. The molecule has 0 rings (SSSR count). The molecule has 14 heavy (non-hydrogen) atoms. The third-order valence-electron chi connectivity index (χ3n) is 1.52. The summed E-state index contributed by atoms with van der Waals surface area (Å²) in [5, 5.41) is 8.30. The van der Waals surface area contributed by atoms with E-state index in [1.165, 1.54) is 0 Å². The van der Waals surface area contributed by atoms with Gasteiger partial charge in [0.25, 0.3) is 0 Å². The molecule has 0 atom stereocenters. The smallest absolute Gasteiger partial charge is 0.305 e. The lowest BCUT2D eigenvalue weighted by molar-refractivity contribution is -0.144. The third-order valence-corrected chi connectivity index (χ3v) is 1.52. The molecule has 80 valence electrons. The number of aldehydes is 1. The zero-order valence-corrected chi connectivity index (χ0v) is 7.90. The van der Waals surface area contributed by atoms with Crippen molar-refractivity contribution in [2.45, 2.75) is 32.1 Å². The van der Waals surface area contributed by atoms with Gasteiger partial charge in [-0.15, -0.1) is 0 Å². The van der Waals surface area contributed by atoms with Crippen LogP contribution in [0, 0.1) is 0 Å². The Bertz CT molecular complexity index is 199. The summed E-state index contributed by atoms with van der Waals surface area (Å²) in [7, 11) is 0. The predicted molar refractivity (Wildman–Crippen MR) is 47.7 cm³/mol. The number of esters is 1. The van der Waals surface area contributed by atoms with Crippen LogP contribution in [-0.2, 0) is 19.1 Å². The molecule has 0 heterocycles. The second-order valence-corrected chi connectivity index (χ2v) is 2.78. The van der Waals surface area contributed by atoms with Crippen LogP contribution in [0.2, 0.25) is 0 Å². The summed E-state index contributed by atoms with van der Waals surface area (Å²) >= 11 is 0. The normalized spacial score (nSPS) is 9.43. The van der Waals surface area contributed by atoms with Crippen LogP contribution in [0.25, 0.3) is 0 Å². The maximum Gasteiger partial charge on any atom is 0.305 e. The number of ether oxygens (including phenoxy) is 1. The Morgan fingerprint density at radius 2 is 1.86 bits per heavy atom. The van der Waals surface area contributed by atoms with Gasteiger partial charge in [-0.2, -0.15) is 0 Å². The van der Waals surface area contributed by atoms with Crippen molar-refractivity contribution in [2.75, 3.05) is 6.61 Å². The molecule has 0 aliphatic carbocycles. The molecule has 0 amide bonds. The molecular formula is C9H14O5. The average Bonchev–Trinajstić information content (AvgIpc) is 2.13. The molecule has 0 spiro atoms. The summed E-state index contributed by atoms with van der Waals surface area (Å²) in [5.41, 5.74) is 0. The highest BCUT2D eigenvalue weighted by Crippen LogP contribution is 2.01. The predicted octanol–water partition coefficient (Wildman–Crippen LogP) is 0.764. The van der Waals surface area contributed by atoms with Gasteiger partial charge in [0.15, 0.2) is 0 Å². The fourth-order valence-electron chi connectivity index (χ4n) is 0.839. The quantitative estimate of drug-likeness (QED) is 0.357. The molecule has 0 aliphatic heterocycles. The minimum atomic E-state index is -0.862. The van der Waals surface area contributed by atoms with Gasteiger partial charge in [-0.05, 0) is 12.8 Å². The molecule has 0 fully saturated rings. The van der Waals surface area contributed by atoms with Crippen LogP contribution in [0.5, 0.6) is 0 Å². The van der Waals surface area contributed by atoms with Gasteiger partial charge in [-0.3, -0.25) is 9.59 Å². The van der Waals surface area contributed by atoms with E-state index in [1.807, 2.05) is 0 Å². The Hall–Kier alpha value is -1.39. The third kappa shape index (κ3) is 8.70. The van der Waals surface area contributed by atoms with Gasteiger partial charge in [0.2, 0.25) is 0 Å². The molecule has 0 saturated carbocycles. The summed E-state index contributed by atoms with van der Waals surface area (Å²) < 4.78 is 4.67. The van der Waals surface area contributed by atoms with Crippen LogP contribution in [0.3, 0.4) is 0 Å². The fourth-order valence-corrected chi connectivity index (χ4v) is 0.839. The Labute approximate surface area is 82.1 Å². The molecule has 0 aromatic carbocycles. The monoisotopic (exact) mass is 202 g/mol. The van der Waals surface area contributed by atoms with E-state index in [1.54, 1.807) is 0 Å². The summed E-state index contributed by atoms with van der Waals surface area (Å²) in [6.07, 6.45) is 2.15. The second-order valence-electron chi connectivity index (χ2n) is 2.78. The van der Waals surface area contributed by atoms with E-state index < -0.39 is 5.97 Å². The van der Waals surface area contributed by atoms with E-state index in [2.05, 4.69) is 4.74 Å². The van der Waals surface area contributed by atoms with E-state index in [0.717, 1.165) is 0 Å². The Morgan fingerprint density at radius 1 is 1.21 bits per heavy atom. The van der Waals surface area contributed by atoms with Crippen LogP contribution in [0.15, 0.2) is 0 Å². The summed E-state index contributed by atoms with van der Waals surface area (Å²) in [5.74, 6) is -1.24. The number of unbranched alkanes of at least 4 members (excludes halogenated alkanes) is 1. The van der Waals surface area contributed by atoms with E-state index in [-0.39, 0.29) is 31.8 Å². The molecule has 5 heteroatoms. The first-order valence-electron chi connectivity index (χ1n) is 4.48. The van der Waals surface area contributed by atoms with Gasteiger partial charge in [0.1, 0.15) is 6.29 Å². The molecule has 0 saturated heterocycles. The number of aliphatic carboxylic acids is 1. The Morgan fingerprint density at radius 3 is 2.43 bits per heavy atom. The molecular weight excluding hydrogens is 188 g/mol. The number of carbonyl (C=O) groups is 3. The number of hydrogen-bond acceptors (Lipinski definition) is 4. The van der Waals surface area contributed by atoms with Gasteiger partial charge in [-0.1, -0.05) is 0 Å². The van der Waals surface area contributed by atoms with Gasteiger partial charge in [-0.25, -0.2) is 0 Å². The Balaban J connectivity index is 3.26. The summed E-state index contributed by atoms with van der Waals surface area (Å²) in [4.78, 5) is 30.8. The van der Waals surface area contributed by atoms with E-state index in [9.17, 15) is 14.4 Å². The highest BCUT2D eigenvalue weighted by Gasteiger charge is 2.03. The number of carboxylic acid groups (broad SMARTS) is 1. The summed E-state index contributed by atoms with van der Waals surface area (Å²) in [6, 6.07) is 0. The topological polar surface area (TPSA) is 80.7 Å². The molecule has 0 aromatic rings. The SMILES string of the molecule is O=CCCOC(=O)CCCCC(=O)O. The minimum Gasteiger partial charge on any atom is -0.481 e. The lowest BCUT2D eigenvalue weighted by atomic mass is 10.2. The van der Waals surface area contributed by atoms with E-state index in [0.29, 0.717) is 19.1 Å². The first-order chi connectivity index (χ1) is 6.66. The lowest BCUT2D eigenvalue weighted by Crippen LogP contribution is -2.06. The van der Waals surface area contributed by atoms with Gasteiger partial charge in [0, 0.05) is 19.3 Å². The molecule has 0 aliphatic rings. The Kier molecular flexibility index (Phi) is 7.40. The zero-order chi connectivity index (χ0) is 10.8. The van der Waals surface area contributed by atoms with Crippen molar-refractivity contribution in [3.8, 4) is 0 Å². The van der Waals surface area contributed by atoms with Crippen molar-refractivity contribution >= 4 is 18.2 Å². The second kappa shape index (κ2) is 8.22. The van der Waals surface area contributed by atoms with E-state index in [4.69, 9.17) is 5.11 Å². The maximum atomic E-state index is 10.9. The minimum absolute atomic E-state index is 0.0710. The van der Waals surface area contributed by atoms with Gasteiger partial charge < -0.3 is 14.6 Å². The highest BCUT2D eigenvalue weighted by atomic mass is 16.5. The first-order valence-corrected chi connectivity index (χ1v) is 4.48. The standard InChI is InChI=1S/C9H14O5/c10-6-3-7-14-9(13)5-2-1-4-8(11)12/h6H,1-5,7H2,(H,11,12). The van der Waals surface area contributed by atoms with Crippen molar-refractivity contribution in [3.05, 3.63) is 0 Å². The number of carboxylic acids is 1. The van der Waals surface area contributed by atoms with Crippen LogP contribution in [0.1, 0.15) is 32.1 Å². The average molecular weight is 202 g/mol. The zero-order valence-electron chi connectivity index (χ0n) is 7.90. The van der Waals surface area contributed by atoms with Crippen LogP contribution >= 0.6 is 0 Å². The maximum absolute atomic E-state index is 10.9. The van der Waals surface area contributed by atoms with Gasteiger partial charge >= 0.3 is 11.9 Å². The fraction of sp³-hybridized carbons (Fsp3) is 0.667. The molecule has 5 nitrogen and oxygen atoms in total. The highest BCUT2D eigenvalue weighted by molar-refractivity contribution is 5.70. The number of rotatable bonds is 8. The molecule has 0 radical (unpaired) electrons. The summed E-state index contributed by atoms with van der Waals surface area (Å²) in [6.45, 7) is 0.112. The molecule has 1 N–H and O–H groups in total. The van der Waals surface area contributed by atoms with Crippen molar-refractivity contribution in [3.63, 3.8) is 0 Å². The van der Waals surface area contributed by atoms with Crippen LogP contribution in [0.4, 0.5) is 0 Å². The number of carbonyl (C=O) groups excluding carboxylic acids is 2. The van der Waals surface area contributed by atoms with Crippen molar-refractivity contribution in [2.24, 2.45) is 0 Å². The number of hydrogen-bond donors (Lipinski definition) is 1. The lowest BCUT2D eigenvalue weighted by Gasteiger charge is -2.01. The molecule has 0 bridgehead atoms. The first kappa shape index (κ1) is 12.6. The van der Waals surface area contributed by atoms with Crippen molar-refractivity contribution in [1.29, 1.82) is 0 Å². The van der Waals surface area contributed by atoms with Crippen LogP contribution < -0.4 is 0 Å².